The van der Waals surface area contributed by atoms with Crippen LogP contribution in [0.25, 0.3) is 0 Å². The lowest BCUT2D eigenvalue weighted by Gasteiger charge is -2.10. The van der Waals surface area contributed by atoms with E-state index in [1.807, 2.05) is 6.92 Å². The van der Waals surface area contributed by atoms with Crippen molar-refractivity contribution in [2.75, 3.05) is 19.0 Å². The molecule has 2 aromatic carbocycles. The first-order valence-electron chi connectivity index (χ1n) is 8.91. The fourth-order valence-electron chi connectivity index (χ4n) is 2.41. The Morgan fingerprint density at radius 1 is 1.07 bits per heavy atom. The number of nitrogens with one attached hydrogen (secondary N) is 2. The third-order valence-electron chi connectivity index (χ3n) is 4.14. The Morgan fingerprint density at radius 3 is 2.36 bits per heavy atom. The van der Waals surface area contributed by atoms with Crippen LogP contribution in [-0.2, 0) is 14.8 Å². The molecule has 2 N–H and O–H groups in total. The van der Waals surface area contributed by atoms with E-state index in [-0.39, 0.29) is 10.5 Å². The number of hydrogen-bond acceptors (Lipinski definition) is 5. The molecule has 0 bridgehead atoms. The molecule has 0 aliphatic carbocycles. The lowest BCUT2D eigenvalue weighted by molar-refractivity contribution is 0.0499. The quantitative estimate of drug-likeness (QED) is 0.520. The monoisotopic (exact) mass is 404 g/mol. The second kappa shape index (κ2) is 9.48. The molecule has 0 saturated heterocycles. The highest BCUT2D eigenvalue weighted by Crippen LogP contribution is 2.18. The van der Waals surface area contributed by atoms with Crippen molar-refractivity contribution in [3.8, 4) is 0 Å². The highest BCUT2D eigenvalue weighted by Gasteiger charge is 2.17. The van der Waals surface area contributed by atoms with Crippen molar-refractivity contribution in [2.45, 2.75) is 31.6 Å². The van der Waals surface area contributed by atoms with Gasteiger partial charge in [0.2, 0.25) is 10.0 Å². The molecule has 8 heteroatoms. The lowest BCUT2D eigenvalue weighted by Crippen LogP contribution is -2.20. The number of amides is 1. The zero-order chi connectivity index (χ0) is 20.7. The zero-order valence-corrected chi connectivity index (χ0v) is 16.9. The first kappa shape index (κ1) is 21.6. The van der Waals surface area contributed by atoms with Crippen LogP contribution in [0.2, 0.25) is 0 Å². The predicted octanol–water partition coefficient (Wildman–Crippen LogP) is 3.11. The Kier molecular flexibility index (Phi) is 7.31. The van der Waals surface area contributed by atoms with Gasteiger partial charge in [-0.25, -0.2) is 17.9 Å². The van der Waals surface area contributed by atoms with Crippen molar-refractivity contribution in [3.05, 3.63) is 59.2 Å². The third-order valence-corrected chi connectivity index (χ3v) is 5.55. The van der Waals surface area contributed by atoms with Crippen LogP contribution in [0, 0.1) is 6.92 Å². The number of rotatable bonds is 8. The van der Waals surface area contributed by atoms with E-state index >= 15 is 0 Å². The van der Waals surface area contributed by atoms with E-state index in [1.54, 1.807) is 37.3 Å². The Hall–Kier alpha value is -2.71. The SMILES string of the molecule is CCCCOC(=O)c1ccc(NC(=O)c2cc(S(=O)(=O)NC)ccc2C)cc1. The van der Waals surface area contributed by atoms with Crippen molar-refractivity contribution in [2.24, 2.45) is 0 Å². The summed E-state index contributed by atoms with van der Waals surface area (Å²) in [4.78, 5) is 24.5. The second-order valence-electron chi connectivity index (χ2n) is 6.21. The number of sulfonamides is 1. The van der Waals surface area contributed by atoms with Crippen LogP contribution in [0.5, 0.6) is 0 Å². The van der Waals surface area contributed by atoms with E-state index in [4.69, 9.17) is 4.74 Å². The van der Waals surface area contributed by atoms with E-state index in [0.29, 0.717) is 23.4 Å². The Labute approximate surface area is 165 Å². The average molecular weight is 404 g/mol. The summed E-state index contributed by atoms with van der Waals surface area (Å²) in [5, 5.41) is 2.71. The molecule has 0 saturated carbocycles. The molecule has 2 aromatic rings. The lowest BCUT2D eigenvalue weighted by atomic mass is 10.1. The van der Waals surface area contributed by atoms with E-state index < -0.39 is 21.9 Å². The molecule has 0 unspecified atom stereocenters. The molecule has 0 radical (unpaired) electrons. The van der Waals surface area contributed by atoms with Gasteiger partial charge < -0.3 is 10.1 Å². The molecule has 7 nitrogen and oxygen atoms in total. The van der Waals surface area contributed by atoms with Crippen LogP contribution in [0.1, 0.15) is 46.0 Å². The smallest absolute Gasteiger partial charge is 0.338 e. The minimum atomic E-state index is -3.65. The van der Waals surface area contributed by atoms with Crippen LogP contribution in [0.15, 0.2) is 47.4 Å². The Bertz CT molecular complexity index is 953. The fraction of sp³-hybridized carbons (Fsp3) is 0.300. The number of carbonyl (C=O) groups excluding carboxylic acids is 2. The van der Waals surface area contributed by atoms with E-state index in [0.717, 1.165) is 12.8 Å². The van der Waals surface area contributed by atoms with Crippen molar-refractivity contribution in [1.29, 1.82) is 0 Å². The standard InChI is InChI=1S/C20H24N2O5S/c1-4-5-12-27-20(24)15-7-9-16(10-8-15)22-19(23)18-13-17(11-6-14(18)2)28(25,26)21-3/h6-11,13,21H,4-5,12H2,1-3H3,(H,22,23). The Balaban J connectivity index is 2.13. The van der Waals surface area contributed by atoms with Gasteiger partial charge in [0.05, 0.1) is 17.1 Å². The minimum absolute atomic E-state index is 0.0101. The van der Waals surface area contributed by atoms with Gasteiger partial charge in [-0.05, 0) is 62.4 Å². The minimum Gasteiger partial charge on any atom is -0.462 e. The maximum absolute atomic E-state index is 12.6. The number of carbonyl (C=O) groups is 2. The largest absolute Gasteiger partial charge is 0.462 e. The number of esters is 1. The second-order valence-corrected chi connectivity index (χ2v) is 8.09. The molecule has 150 valence electrons. The van der Waals surface area contributed by atoms with E-state index in [2.05, 4.69) is 10.0 Å². The van der Waals surface area contributed by atoms with Gasteiger partial charge in [0, 0.05) is 11.3 Å². The first-order chi connectivity index (χ1) is 13.3. The molecule has 0 aliphatic heterocycles. The van der Waals surface area contributed by atoms with Crippen molar-refractivity contribution >= 4 is 27.6 Å². The highest BCUT2D eigenvalue weighted by molar-refractivity contribution is 7.89. The number of anilines is 1. The summed E-state index contributed by atoms with van der Waals surface area (Å²) in [7, 11) is -2.34. The van der Waals surface area contributed by atoms with Gasteiger partial charge in [0.1, 0.15) is 0 Å². The van der Waals surface area contributed by atoms with E-state index in [9.17, 15) is 18.0 Å². The molecule has 0 heterocycles. The summed E-state index contributed by atoms with van der Waals surface area (Å²) in [5.74, 6) is -0.851. The molecule has 0 aliphatic rings. The molecular formula is C20H24N2O5S. The van der Waals surface area contributed by atoms with Crippen molar-refractivity contribution in [3.63, 3.8) is 0 Å². The average Bonchev–Trinajstić information content (AvgIpc) is 2.68. The number of aryl methyl sites for hydroxylation is 1. The van der Waals surface area contributed by atoms with Crippen LogP contribution in [0.4, 0.5) is 5.69 Å². The number of hydrogen-bond donors (Lipinski definition) is 2. The van der Waals surface area contributed by atoms with Crippen LogP contribution in [0.3, 0.4) is 0 Å². The van der Waals surface area contributed by atoms with Crippen LogP contribution < -0.4 is 10.0 Å². The maximum atomic E-state index is 12.6. The zero-order valence-electron chi connectivity index (χ0n) is 16.1. The molecular weight excluding hydrogens is 380 g/mol. The number of ether oxygens (including phenoxy) is 1. The molecule has 0 fully saturated rings. The summed E-state index contributed by atoms with van der Waals surface area (Å²) in [6.45, 7) is 4.11. The van der Waals surface area contributed by atoms with Crippen LogP contribution >= 0.6 is 0 Å². The third kappa shape index (κ3) is 5.40. The summed E-state index contributed by atoms with van der Waals surface area (Å²) in [6.07, 6.45) is 1.75. The number of benzene rings is 2. The summed E-state index contributed by atoms with van der Waals surface area (Å²) < 4.78 is 31.3. The molecule has 0 spiro atoms. The van der Waals surface area contributed by atoms with Gasteiger partial charge in [-0.3, -0.25) is 4.79 Å². The van der Waals surface area contributed by atoms with Gasteiger partial charge in [-0.1, -0.05) is 19.4 Å². The highest BCUT2D eigenvalue weighted by atomic mass is 32.2. The van der Waals surface area contributed by atoms with Crippen molar-refractivity contribution < 1.29 is 22.7 Å². The van der Waals surface area contributed by atoms with Gasteiger partial charge >= 0.3 is 5.97 Å². The van der Waals surface area contributed by atoms with Gasteiger partial charge in [0.25, 0.3) is 5.91 Å². The molecule has 28 heavy (non-hydrogen) atoms. The fourth-order valence-corrected chi connectivity index (χ4v) is 3.17. The summed E-state index contributed by atoms with van der Waals surface area (Å²) in [6, 6.07) is 10.7. The predicted molar refractivity (Wildman–Crippen MR) is 107 cm³/mol. The van der Waals surface area contributed by atoms with Crippen LogP contribution in [-0.4, -0.2) is 33.9 Å². The molecule has 0 atom stereocenters. The maximum Gasteiger partial charge on any atom is 0.338 e. The molecule has 2 rings (SSSR count). The van der Waals surface area contributed by atoms with Gasteiger partial charge in [-0.15, -0.1) is 0 Å². The topological polar surface area (TPSA) is 102 Å². The Morgan fingerprint density at radius 2 is 1.75 bits per heavy atom. The number of unbranched alkanes of at least 4 members (excludes halogenated alkanes) is 1. The van der Waals surface area contributed by atoms with Crippen molar-refractivity contribution in [1.82, 2.24) is 4.72 Å². The molecule has 0 aromatic heterocycles. The molecule has 1 amide bonds. The van der Waals surface area contributed by atoms with E-state index in [1.165, 1.54) is 19.2 Å². The summed E-state index contributed by atoms with van der Waals surface area (Å²) in [5.41, 5.74) is 1.77. The van der Waals surface area contributed by atoms with Gasteiger partial charge in [0.15, 0.2) is 0 Å². The van der Waals surface area contributed by atoms with Gasteiger partial charge in [-0.2, -0.15) is 0 Å². The summed E-state index contributed by atoms with van der Waals surface area (Å²) >= 11 is 0. The normalized spacial score (nSPS) is 11.1. The first-order valence-corrected chi connectivity index (χ1v) is 10.4.